The van der Waals surface area contributed by atoms with Crippen LogP contribution in [0.5, 0.6) is 0 Å². The van der Waals surface area contributed by atoms with Crippen LogP contribution in [0.25, 0.3) is 11.3 Å². The SMILES string of the molecule is N#Cc1cc(Nc2nccc(-c3cc(C#N)c4c(c3)CCN4C(=O)Cc3cccnc3Cl)n2)ccn1. The molecule has 1 N–H and O–H groups in total. The molecule has 3 aromatic heterocycles. The van der Waals surface area contributed by atoms with E-state index in [4.69, 9.17) is 16.9 Å². The lowest BCUT2D eigenvalue weighted by molar-refractivity contribution is -0.117. The van der Waals surface area contributed by atoms with Crippen molar-refractivity contribution in [2.45, 2.75) is 12.8 Å². The van der Waals surface area contributed by atoms with Gasteiger partial charge in [-0.3, -0.25) is 4.79 Å². The first-order chi connectivity index (χ1) is 17.6. The Bertz CT molecular complexity index is 1570. The molecule has 0 saturated heterocycles. The number of rotatable bonds is 5. The zero-order valence-corrected chi connectivity index (χ0v) is 19.6. The summed E-state index contributed by atoms with van der Waals surface area (Å²) in [6.45, 7) is 0.476. The Kier molecular flexibility index (Phi) is 6.23. The highest BCUT2D eigenvalue weighted by atomic mass is 35.5. The molecule has 9 nitrogen and oxygen atoms in total. The molecule has 4 aromatic rings. The summed E-state index contributed by atoms with van der Waals surface area (Å²) in [5.41, 5.74) is 4.83. The molecule has 0 unspecified atom stereocenters. The molecule has 0 bridgehead atoms. The number of carbonyl (C=O) groups excluding carboxylic acids is 1. The van der Waals surface area contributed by atoms with Gasteiger partial charge in [0.2, 0.25) is 11.9 Å². The molecular weight excluding hydrogens is 476 g/mol. The number of nitrogens with zero attached hydrogens (tertiary/aromatic N) is 7. The van der Waals surface area contributed by atoms with Gasteiger partial charge >= 0.3 is 0 Å². The smallest absolute Gasteiger partial charge is 0.231 e. The van der Waals surface area contributed by atoms with Crippen LogP contribution >= 0.6 is 11.6 Å². The van der Waals surface area contributed by atoms with Crippen LogP contribution in [-0.4, -0.2) is 32.4 Å². The lowest BCUT2D eigenvalue weighted by atomic mass is 10.0. The Morgan fingerprint density at radius 3 is 2.72 bits per heavy atom. The van der Waals surface area contributed by atoms with Gasteiger partial charge in [-0.1, -0.05) is 17.7 Å². The average molecular weight is 493 g/mol. The van der Waals surface area contributed by atoms with Gasteiger partial charge in [0.25, 0.3) is 0 Å². The van der Waals surface area contributed by atoms with Crippen molar-refractivity contribution in [1.29, 1.82) is 10.5 Å². The lowest BCUT2D eigenvalue weighted by Crippen LogP contribution is -2.31. The number of hydrogen-bond acceptors (Lipinski definition) is 8. The maximum Gasteiger partial charge on any atom is 0.231 e. The number of amides is 1. The number of pyridine rings is 2. The summed E-state index contributed by atoms with van der Waals surface area (Å²) in [5, 5.41) is 22.3. The molecule has 10 heteroatoms. The Labute approximate surface area is 211 Å². The summed E-state index contributed by atoms with van der Waals surface area (Å²) in [4.78, 5) is 31.6. The van der Waals surface area contributed by atoms with Crippen LogP contribution in [0.15, 0.2) is 61.1 Å². The van der Waals surface area contributed by atoms with Crippen molar-refractivity contribution in [2.24, 2.45) is 0 Å². The fourth-order valence-corrected chi connectivity index (χ4v) is 4.30. The van der Waals surface area contributed by atoms with E-state index >= 15 is 0 Å². The average Bonchev–Trinajstić information content (AvgIpc) is 3.34. The van der Waals surface area contributed by atoms with Crippen LogP contribution in [0, 0.1) is 22.7 Å². The molecule has 1 aliphatic rings. The number of hydrogen-bond donors (Lipinski definition) is 1. The summed E-state index contributed by atoms with van der Waals surface area (Å²) >= 11 is 6.13. The van der Waals surface area contributed by atoms with Crippen molar-refractivity contribution in [3.05, 3.63) is 88.6 Å². The van der Waals surface area contributed by atoms with Crippen molar-refractivity contribution in [1.82, 2.24) is 19.9 Å². The summed E-state index contributed by atoms with van der Waals surface area (Å²) < 4.78 is 0. The first kappa shape index (κ1) is 22.9. The highest BCUT2D eigenvalue weighted by Gasteiger charge is 2.29. The molecule has 0 atom stereocenters. The third-order valence-corrected chi connectivity index (χ3v) is 6.09. The third kappa shape index (κ3) is 4.56. The van der Waals surface area contributed by atoms with Crippen molar-refractivity contribution in [2.75, 3.05) is 16.8 Å². The van der Waals surface area contributed by atoms with E-state index in [1.54, 1.807) is 53.7 Å². The molecule has 4 heterocycles. The lowest BCUT2D eigenvalue weighted by Gasteiger charge is -2.19. The largest absolute Gasteiger partial charge is 0.324 e. The van der Waals surface area contributed by atoms with Gasteiger partial charge < -0.3 is 10.2 Å². The molecule has 1 aromatic carbocycles. The topological polar surface area (TPSA) is 131 Å². The van der Waals surface area contributed by atoms with Gasteiger partial charge in [-0.2, -0.15) is 10.5 Å². The van der Waals surface area contributed by atoms with E-state index in [2.05, 4.69) is 31.3 Å². The predicted octanol–water partition coefficient (Wildman–Crippen LogP) is 4.21. The fourth-order valence-electron chi connectivity index (χ4n) is 4.12. The fraction of sp³-hybridized carbons (Fsp3) is 0.115. The van der Waals surface area contributed by atoms with E-state index in [1.165, 1.54) is 6.20 Å². The highest BCUT2D eigenvalue weighted by molar-refractivity contribution is 6.30. The molecule has 0 spiro atoms. The van der Waals surface area contributed by atoms with Gasteiger partial charge in [0.15, 0.2) is 0 Å². The first-order valence-electron chi connectivity index (χ1n) is 11.0. The maximum absolute atomic E-state index is 13.1. The van der Waals surface area contributed by atoms with Gasteiger partial charge in [-0.25, -0.2) is 19.9 Å². The summed E-state index contributed by atoms with van der Waals surface area (Å²) in [7, 11) is 0. The monoisotopic (exact) mass is 492 g/mol. The minimum Gasteiger partial charge on any atom is -0.324 e. The molecule has 0 fully saturated rings. The van der Waals surface area contributed by atoms with Gasteiger partial charge in [0.05, 0.1) is 23.4 Å². The van der Waals surface area contributed by atoms with Gasteiger partial charge in [-0.15, -0.1) is 0 Å². The van der Waals surface area contributed by atoms with Crippen LogP contribution in [0.1, 0.15) is 22.4 Å². The van der Waals surface area contributed by atoms with E-state index in [9.17, 15) is 10.1 Å². The Morgan fingerprint density at radius 2 is 1.92 bits per heavy atom. The predicted molar refractivity (Wildman–Crippen MR) is 133 cm³/mol. The van der Waals surface area contributed by atoms with E-state index in [1.807, 2.05) is 12.1 Å². The standard InChI is InChI=1S/C26H17ClN8O/c27-25-17(2-1-6-31-25)12-23(36)35-9-5-16-10-18(11-19(14-28)24(16)35)22-4-8-32-26(34-22)33-20-3-7-30-21(13-20)15-29/h1-4,6-8,10-11,13H,5,9,12H2,(H,30,32,33,34). The van der Waals surface area contributed by atoms with Crippen molar-refractivity contribution >= 4 is 34.8 Å². The normalized spacial score (nSPS) is 11.9. The van der Waals surface area contributed by atoms with Gasteiger partial charge in [-0.05, 0) is 53.9 Å². The number of aromatic nitrogens is 4. The Balaban J connectivity index is 1.43. The molecule has 174 valence electrons. The molecule has 1 aliphatic heterocycles. The molecular formula is C26H17ClN8O. The summed E-state index contributed by atoms with van der Waals surface area (Å²) in [5.74, 6) is 0.197. The number of nitrogens with one attached hydrogen (secondary N) is 1. The van der Waals surface area contributed by atoms with Gasteiger partial charge in [0, 0.05) is 36.4 Å². The maximum atomic E-state index is 13.1. The molecule has 36 heavy (non-hydrogen) atoms. The van der Waals surface area contributed by atoms with E-state index < -0.39 is 0 Å². The number of benzene rings is 1. The molecule has 1 amide bonds. The van der Waals surface area contributed by atoms with Crippen LogP contribution in [-0.2, 0) is 17.6 Å². The minimum atomic E-state index is -0.143. The molecule has 0 radical (unpaired) electrons. The number of fused-ring (bicyclic) bond motifs is 1. The summed E-state index contributed by atoms with van der Waals surface area (Å²) in [6, 6.07) is 16.5. The van der Waals surface area contributed by atoms with Crippen molar-refractivity contribution in [3.63, 3.8) is 0 Å². The third-order valence-electron chi connectivity index (χ3n) is 5.75. The minimum absolute atomic E-state index is 0.0994. The zero-order chi connectivity index (χ0) is 25.1. The second-order valence-corrected chi connectivity index (χ2v) is 8.36. The molecule has 0 saturated carbocycles. The highest BCUT2D eigenvalue weighted by Crippen LogP contribution is 2.36. The van der Waals surface area contributed by atoms with Crippen LogP contribution in [0.2, 0.25) is 5.15 Å². The van der Waals surface area contributed by atoms with Gasteiger partial charge in [0.1, 0.15) is 23.0 Å². The van der Waals surface area contributed by atoms with Crippen molar-refractivity contribution < 1.29 is 4.79 Å². The Morgan fingerprint density at radius 1 is 1.06 bits per heavy atom. The van der Waals surface area contributed by atoms with E-state index in [-0.39, 0.29) is 18.0 Å². The van der Waals surface area contributed by atoms with Crippen LogP contribution < -0.4 is 10.2 Å². The first-order valence-corrected chi connectivity index (χ1v) is 11.4. The Hall–Kier alpha value is -4.86. The molecule has 0 aliphatic carbocycles. The van der Waals surface area contributed by atoms with E-state index in [0.717, 1.165) is 11.1 Å². The quantitative estimate of drug-likeness (QED) is 0.410. The summed E-state index contributed by atoms with van der Waals surface area (Å²) in [6.07, 6.45) is 5.44. The number of halogens is 1. The molecule has 5 rings (SSSR count). The zero-order valence-electron chi connectivity index (χ0n) is 18.8. The van der Waals surface area contributed by atoms with Crippen molar-refractivity contribution in [3.8, 4) is 23.4 Å². The second-order valence-electron chi connectivity index (χ2n) is 8.00. The van der Waals surface area contributed by atoms with E-state index in [0.29, 0.717) is 52.3 Å². The number of anilines is 3. The second kappa shape index (κ2) is 9.79. The van der Waals surface area contributed by atoms with Crippen LogP contribution in [0.4, 0.5) is 17.3 Å². The number of nitriles is 2. The number of carbonyl (C=O) groups is 1. The van der Waals surface area contributed by atoms with Crippen LogP contribution in [0.3, 0.4) is 0 Å².